The molecule has 0 spiro atoms. The van der Waals surface area contributed by atoms with Crippen molar-refractivity contribution in [3.05, 3.63) is 34.3 Å². The molecule has 0 heterocycles. The van der Waals surface area contributed by atoms with Crippen LogP contribution in [-0.4, -0.2) is 38.3 Å². The van der Waals surface area contributed by atoms with Crippen molar-refractivity contribution in [2.45, 2.75) is 25.1 Å². The molecule has 0 saturated heterocycles. The molecule has 0 aliphatic carbocycles. The average molecular weight is 353 g/mol. The first-order valence-corrected chi connectivity index (χ1v) is 7.29. The summed E-state index contributed by atoms with van der Waals surface area (Å²) in [5, 5.41) is 3.20. The van der Waals surface area contributed by atoms with Crippen molar-refractivity contribution >= 4 is 15.9 Å². The zero-order valence-corrected chi connectivity index (χ0v) is 13.3. The molecule has 0 saturated carbocycles. The quantitative estimate of drug-likeness (QED) is 0.798. The summed E-state index contributed by atoms with van der Waals surface area (Å²) in [6.45, 7) is 0.665. The van der Waals surface area contributed by atoms with Gasteiger partial charge >= 0.3 is 6.18 Å². The van der Waals surface area contributed by atoms with E-state index in [1.807, 2.05) is 31.3 Å². The van der Waals surface area contributed by atoms with E-state index in [9.17, 15) is 13.2 Å². The number of hydrogen-bond acceptors (Lipinski definition) is 2. The van der Waals surface area contributed by atoms with Crippen LogP contribution in [0.5, 0.6) is 0 Å². The number of hydrogen-bond donors (Lipinski definition) is 1. The number of benzene rings is 1. The lowest BCUT2D eigenvalue weighted by Gasteiger charge is -2.22. The lowest BCUT2D eigenvalue weighted by atomic mass is 10.0. The molecule has 0 amide bonds. The molecule has 0 radical (unpaired) electrons. The van der Waals surface area contributed by atoms with Gasteiger partial charge in [-0.2, -0.15) is 13.2 Å². The van der Waals surface area contributed by atoms with E-state index < -0.39 is 12.6 Å². The number of nitrogens with one attached hydrogen (secondary N) is 1. The number of alkyl halides is 3. The largest absolute Gasteiger partial charge is 0.390 e. The van der Waals surface area contributed by atoms with E-state index in [0.717, 1.165) is 16.5 Å². The minimum Gasteiger partial charge on any atom is -0.313 e. The fourth-order valence-corrected chi connectivity index (χ4v) is 2.22. The summed E-state index contributed by atoms with van der Waals surface area (Å²) in [6.07, 6.45) is -4.07. The zero-order chi connectivity index (χ0) is 15.2. The maximum Gasteiger partial charge on any atom is 0.390 e. The third-order valence-corrected chi connectivity index (χ3v) is 3.73. The van der Waals surface area contributed by atoms with Crippen LogP contribution in [0.2, 0.25) is 0 Å². The highest BCUT2D eigenvalue weighted by molar-refractivity contribution is 9.10. The Bertz CT molecular complexity index is 392. The molecule has 114 valence electrons. The molecule has 0 aliphatic heterocycles. The minimum absolute atomic E-state index is 0.0419. The van der Waals surface area contributed by atoms with Crippen LogP contribution < -0.4 is 5.32 Å². The first-order valence-electron chi connectivity index (χ1n) is 6.50. The van der Waals surface area contributed by atoms with E-state index in [1.165, 1.54) is 0 Å². The summed E-state index contributed by atoms with van der Waals surface area (Å²) < 4.78 is 37.4. The van der Waals surface area contributed by atoms with Crippen molar-refractivity contribution in [2.75, 3.05) is 27.2 Å². The van der Waals surface area contributed by atoms with E-state index in [1.54, 1.807) is 11.9 Å². The summed E-state index contributed by atoms with van der Waals surface area (Å²) in [7, 11) is 3.59. The van der Waals surface area contributed by atoms with Gasteiger partial charge in [0.1, 0.15) is 0 Å². The second-order valence-electron chi connectivity index (χ2n) is 4.85. The van der Waals surface area contributed by atoms with Crippen molar-refractivity contribution in [3.8, 4) is 0 Å². The van der Waals surface area contributed by atoms with Crippen LogP contribution in [0.3, 0.4) is 0 Å². The van der Waals surface area contributed by atoms with Gasteiger partial charge in [0.25, 0.3) is 0 Å². The lowest BCUT2D eigenvalue weighted by Crippen LogP contribution is -2.28. The molecule has 1 rings (SSSR count). The lowest BCUT2D eigenvalue weighted by molar-refractivity contribution is -0.137. The van der Waals surface area contributed by atoms with Gasteiger partial charge in [0, 0.05) is 17.1 Å². The van der Waals surface area contributed by atoms with Gasteiger partial charge in [0.2, 0.25) is 0 Å². The van der Waals surface area contributed by atoms with Gasteiger partial charge in [-0.1, -0.05) is 28.1 Å². The first kappa shape index (κ1) is 17.5. The van der Waals surface area contributed by atoms with Crippen molar-refractivity contribution in [1.29, 1.82) is 0 Å². The normalized spacial score (nSPS) is 13.8. The molecule has 0 aromatic heterocycles. The van der Waals surface area contributed by atoms with Crippen LogP contribution in [-0.2, 0) is 0 Å². The summed E-state index contributed by atoms with van der Waals surface area (Å²) >= 11 is 3.38. The van der Waals surface area contributed by atoms with Gasteiger partial charge in [-0.05, 0) is 44.8 Å². The average Bonchev–Trinajstić information content (AvgIpc) is 2.38. The fourth-order valence-electron chi connectivity index (χ4n) is 1.95. The van der Waals surface area contributed by atoms with Crippen molar-refractivity contribution in [3.63, 3.8) is 0 Å². The molecule has 20 heavy (non-hydrogen) atoms. The third kappa shape index (κ3) is 6.72. The topological polar surface area (TPSA) is 15.3 Å². The molecule has 1 aromatic carbocycles. The molecular weight excluding hydrogens is 333 g/mol. The highest BCUT2D eigenvalue weighted by atomic mass is 79.9. The van der Waals surface area contributed by atoms with Crippen molar-refractivity contribution in [1.82, 2.24) is 10.2 Å². The Morgan fingerprint density at radius 2 is 1.80 bits per heavy atom. The van der Waals surface area contributed by atoms with E-state index in [4.69, 9.17) is 0 Å². The van der Waals surface area contributed by atoms with Crippen LogP contribution in [0.1, 0.15) is 24.4 Å². The van der Waals surface area contributed by atoms with Crippen LogP contribution in [0.4, 0.5) is 13.2 Å². The fraction of sp³-hybridized carbons (Fsp3) is 0.571. The molecule has 1 unspecified atom stereocenters. The minimum atomic E-state index is -4.08. The van der Waals surface area contributed by atoms with Gasteiger partial charge in [-0.3, -0.25) is 0 Å². The monoisotopic (exact) mass is 352 g/mol. The molecule has 2 nitrogen and oxygen atoms in total. The van der Waals surface area contributed by atoms with Crippen LogP contribution in [0.25, 0.3) is 0 Å². The summed E-state index contributed by atoms with van der Waals surface area (Å²) in [6, 6.07) is 8.11. The van der Waals surface area contributed by atoms with Gasteiger partial charge in [-0.15, -0.1) is 0 Å². The predicted molar refractivity (Wildman–Crippen MR) is 78.7 cm³/mol. The molecule has 1 atom stereocenters. The number of nitrogens with zero attached hydrogens (tertiary/aromatic N) is 1. The smallest absolute Gasteiger partial charge is 0.313 e. The maximum atomic E-state index is 12.1. The summed E-state index contributed by atoms with van der Waals surface area (Å²) in [4.78, 5) is 1.72. The van der Waals surface area contributed by atoms with Gasteiger partial charge in [0.05, 0.1) is 6.42 Å². The Hall–Kier alpha value is -0.590. The van der Waals surface area contributed by atoms with E-state index >= 15 is 0 Å². The molecule has 1 N–H and O–H groups in total. The van der Waals surface area contributed by atoms with Crippen LogP contribution in [0, 0.1) is 0 Å². The highest BCUT2D eigenvalue weighted by Crippen LogP contribution is 2.21. The summed E-state index contributed by atoms with van der Waals surface area (Å²) in [5.41, 5.74) is 1.14. The Morgan fingerprint density at radius 1 is 1.20 bits per heavy atom. The predicted octanol–water partition coefficient (Wildman–Crippen LogP) is 3.98. The number of halogens is 4. The van der Waals surface area contributed by atoms with E-state index in [0.29, 0.717) is 6.54 Å². The van der Waals surface area contributed by atoms with Crippen molar-refractivity contribution in [2.24, 2.45) is 0 Å². The highest BCUT2D eigenvalue weighted by Gasteiger charge is 2.27. The van der Waals surface area contributed by atoms with Crippen LogP contribution >= 0.6 is 15.9 Å². The molecule has 6 heteroatoms. The Kier molecular flexibility index (Phi) is 6.99. The van der Waals surface area contributed by atoms with Gasteiger partial charge < -0.3 is 10.2 Å². The molecule has 1 aromatic rings. The van der Waals surface area contributed by atoms with Gasteiger partial charge in [0.15, 0.2) is 0 Å². The SMILES string of the molecule is CNC(CCN(C)CCC(F)(F)F)c1ccc(Br)cc1. The van der Waals surface area contributed by atoms with E-state index in [2.05, 4.69) is 21.2 Å². The molecule has 0 fully saturated rings. The standard InChI is InChI=1S/C14H20BrF3N2/c1-19-13(11-3-5-12(15)6-4-11)7-9-20(2)10-8-14(16,17)18/h3-6,13,19H,7-10H2,1-2H3. The van der Waals surface area contributed by atoms with E-state index in [-0.39, 0.29) is 12.6 Å². The van der Waals surface area contributed by atoms with Crippen LogP contribution in [0.15, 0.2) is 28.7 Å². The first-order chi connectivity index (χ1) is 9.31. The van der Waals surface area contributed by atoms with Gasteiger partial charge in [-0.25, -0.2) is 0 Å². The molecule has 0 bridgehead atoms. The summed E-state index contributed by atoms with van der Waals surface area (Å²) in [5.74, 6) is 0. The second-order valence-corrected chi connectivity index (χ2v) is 5.77. The Balaban J connectivity index is 2.43. The second kappa shape index (κ2) is 8.00. The maximum absolute atomic E-state index is 12.1. The van der Waals surface area contributed by atoms with Crippen molar-refractivity contribution < 1.29 is 13.2 Å². The Labute approximate surface area is 126 Å². The zero-order valence-electron chi connectivity index (χ0n) is 11.7. The third-order valence-electron chi connectivity index (χ3n) is 3.20. The molecule has 0 aliphatic rings. The number of rotatable bonds is 7. The molecular formula is C14H20BrF3N2. The Morgan fingerprint density at radius 3 is 2.30 bits per heavy atom.